The third-order valence-electron chi connectivity index (χ3n) is 5.72. The molecule has 3 atom stereocenters. The van der Waals surface area contributed by atoms with Gasteiger partial charge < -0.3 is 19.8 Å². The highest BCUT2D eigenvalue weighted by molar-refractivity contribution is 5.73. The molecule has 0 saturated carbocycles. The standard InChI is InChI=1S/C16H23FN4O.2C2HF3O2/c17-13-8-18-16(19-9-13)21-10-12-4-3-7-22-15(12)14(11-21)20-5-1-2-6-20;2*3-2(4,5)1(6)7/h8-9,12,14-15H,1-7,10-11H2;2*(H,6,7)/t12-,14+,15-;;/m0../s1. The average Bonchev–Trinajstić information content (AvgIpc) is 3.33. The fraction of sp³-hybridized carbons (Fsp3) is 0.700. The Labute approximate surface area is 200 Å². The molecule has 0 radical (unpaired) electrons. The number of ether oxygens (including phenoxy) is 1. The van der Waals surface area contributed by atoms with Crippen LogP contribution in [0.1, 0.15) is 25.7 Å². The summed E-state index contributed by atoms with van der Waals surface area (Å²) in [5, 5.41) is 14.2. The van der Waals surface area contributed by atoms with Crippen LogP contribution in [-0.4, -0.2) is 94.3 Å². The normalized spacial score (nSPS) is 24.5. The monoisotopic (exact) mass is 534 g/mol. The Hall–Kier alpha value is -2.75. The summed E-state index contributed by atoms with van der Waals surface area (Å²) in [6.45, 7) is 5.01. The Morgan fingerprint density at radius 2 is 1.42 bits per heavy atom. The molecule has 16 heteroatoms. The van der Waals surface area contributed by atoms with Crippen LogP contribution in [0.5, 0.6) is 0 Å². The summed E-state index contributed by atoms with van der Waals surface area (Å²) in [4.78, 5) is 30.9. The van der Waals surface area contributed by atoms with Crippen molar-refractivity contribution in [3.63, 3.8) is 0 Å². The molecule has 9 nitrogen and oxygen atoms in total. The lowest BCUT2D eigenvalue weighted by molar-refractivity contribution is -0.193. The van der Waals surface area contributed by atoms with Gasteiger partial charge in [0.25, 0.3) is 0 Å². The predicted octanol–water partition coefficient (Wildman–Crippen LogP) is 2.96. The summed E-state index contributed by atoms with van der Waals surface area (Å²) in [6, 6.07) is 0.412. The number of alkyl halides is 6. The molecule has 204 valence electrons. The Balaban J connectivity index is 0.000000271. The van der Waals surface area contributed by atoms with Crippen LogP contribution in [0.25, 0.3) is 0 Å². The molecule has 3 aliphatic heterocycles. The van der Waals surface area contributed by atoms with Gasteiger partial charge in [0.05, 0.1) is 24.5 Å². The number of aliphatic carboxylic acids is 2. The maximum Gasteiger partial charge on any atom is 0.490 e. The van der Waals surface area contributed by atoms with Gasteiger partial charge in [0.15, 0.2) is 5.82 Å². The summed E-state index contributed by atoms with van der Waals surface area (Å²) >= 11 is 0. The molecule has 36 heavy (non-hydrogen) atoms. The van der Waals surface area contributed by atoms with Crippen LogP contribution >= 0.6 is 0 Å². The van der Waals surface area contributed by atoms with E-state index in [1.807, 2.05) is 0 Å². The summed E-state index contributed by atoms with van der Waals surface area (Å²) in [7, 11) is 0. The number of carboxylic acid groups (broad SMARTS) is 2. The zero-order valence-electron chi connectivity index (χ0n) is 18.8. The summed E-state index contributed by atoms with van der Waals surface area (Å²) in [5.41, 5.74) is 0. The van der Waals surface area contributed by atoms with E-state index in [1.165, 1.54) is 31.7 Å². The van der Waals surface area contributed by atoms with E-state index >= 15 is 0 Å². The molecule has 3 fully saturated rings. The van der Waals surface area contributed by atoms with Gasteiger partial charge in [-0.1, -0.05) is 0 Å². The van der Waals surface area contributed by atoms with Gasteiger partial charge in [0, 0.05) is 25.6 Å². The van der Waals surface area contributed by atoms with E-state index in [0.717, 1.165) is 39.2 Å². The summed E-state index contributed by atoms with van der Waals surface area (Å²) < 4.78 is 82.7. The van der Waals surface area contributed by atoms with Gasteiger partial charge in [-0.25, -0.2) is 23.9 Å². The van der Waals surface area contributed by atoms with E-state index < -0.39 is 24.3 Å². The molecule has 0 aromatic carbocycles. The molecule has 4 heterocycles. The number of piperidine rings is 1. The van der Waals surface area contributed by atoms with Gasteiger partial charge >= 0.3 is 24.3 Å². The average molecular weight is 534 g/mol. The first kappa shape index (κ1) is 29.5. The molecular weight excluding hydrogens is 509 g/mol. The number of likely N-dealkylation sites (tertiary alicyclic amines) is 1. The first-order chi connectivity index (χ1) is 16.7. The Kier molecular flexibility index (Phi) is 10.2. The fourth-order valence-corrected chi connectivity index (χ4v) is 4.20. The number of fused-ring (bicyclic) bond motifs is 1. The molecule has 4 rings (SSSR count). The topological polar surface area (TPSA) is 116 Å². The van der Waals surface area contributed by atoms with Crippen molar-refractivity contribution in [2.45, 2.75) is 50.2 Å². The summed E-state index contributed by atoms with van der Waals surface area (Å²) in [5.74, 6) is -4.72. The fourth-order valence-electron chi connectivity index (χ4n) is 4.20. The molecule has 0 aliphatic carbocycles. The lowest BCUT2D eigenvalue weighted by atomic mass is 9.85. The van der Waals surface area contributed by atoms with Crippen molar-refractivity contribution >= 4 is 17.9 Å². The van der Waals surface area contributed by atoms with Crippen LogP contribution in [-0.2, 0) is 14.3 Å². The number of hydrogen-bond donors (Lipinski definition) is 2. The second-order valence-electron chi connectivity index (χ2n) is 8.26. The van der Waals surface area contributed by atoms with E-state index in [9.17, 15) is 30.7 Å². The molecule has 0 bridgehead atoms. The van der Waals surface area contributed by atoms with Gasteiger partial charge in [-0.05, 0) is 38.8 Å². The molecule has 0 amide bonds. The quantitative estimate of drug-likeness (QED) is 0.553. The second kappa shape index (κ2) is 12.5. The van der Waals surface area contributed by atoms with Crippen molar-refractivity contribution in [2.75, 3.05) is 37.7 Å². The van der Waals surface area contributed by atoms with Crippen LogP contribution in [0.15, 0.2) is 12.4 Å². The van der Waals surface area contributed by atoms with Crippen molar-refractivity contribution in [3.8, 4) is 0 Å². The maximum absolute atomic E-state index is 13.1. The van der Waals surface area contributed by atoms with E-state index in [-0.39, 0.29) is 5.82 Å². The number of aromatic nitrogens is 2. The molecule has 2 N–H and O–H groups in total. The maximum atomic E-state index is 13.1. The molecule has 0 spiro atoms. The third-order valence-corrected chi connectivity index (χ3v) is 5.72. The van der Waals surface area contributed by atoms with Gasteiger partial charge in [-0.2, -0.15) is 26.3 Å². The number of anilines is 1. The Morgan fingerprint density at radius 1 is 0.917 bits per heavy atom. The van der Waals surface area contributed by atoms with Crippen LogP contribution < -0.4 is 4.90 Å². The van der Waals surface area contributed by atoms with Crippen molar-refractivity contribution in [1.82, 2.24) is 14.9 Å². The summed E-state index contributed by atoms with van der Waals surface area (Å²) in [6.07, 6.45) is -2.42. The highest BCUT2D eigenvalue weighted by Crippen LogP contribution is 2.33. The lowest BCUT2D eigenvalue weighted by Gasteiger charge is -2.48. The van der Waals surface area contributed by atoms with E-state index in [1.54, 1.807) is 0 Å². The number of rotatable bonds is 2. The number of nitrogens with zero attached hydrogens (tertiary/aromatic N) is 4. The molecule has 1 aromatic rings. The second-order valence-corrected chi connectivity index (χ2v) is 8.26. The van der Waals surface area contributed by atoms with Crippen LogP contribution in [0, 0.1) is 11.7 Å². The minimum absolute atomic E-state index is 0.337. The third kappa shape index (κ3) is 8.72. The van der Waals surface area contributed by atoms with Crippen LogP contribution in [0.3, 0.4) is 0 Å². The first-order valence-corrected chi connectivity index (χ1v) is 10.9. The van der Waals surface area contributed by atoms with E-state index in [2.05, 4.69) is 19.8 Å². The first-order valence-electron chi connectivity index (χ1n) is 10.9. The molecule has 3 aliphatic rings. The van der Waals surface area contributed by atoms with Crippen molar-refractivity contribution in [2.24, 2.45) is 5.92 Å². The largest absolute Gasteiger partial charge is 0.490 e. The number of carbonyl (C=O) groups is 2. The smallest absolute Gasteiger partial charge is 0.475 e. The molecule has 1 aromatic heterocycles. The van der Waals surface area contributed by atoms with Crippen molar-refractivity contribution < 1.29 is 55.3 Å². The lowest BCUT2D eigenvalue weighted by Crippen LogP contribution is -2.61. The minimum atomic E-state index is -5.08. The minimum Gasteiger partial charge on any atom is -0.475 e. The van der Waals surface area contributed by atoms with E-state index in [4.69, 9.17) is 24.5 Å². The van der Waals surface area contributed by atoms with Gasteiger partial charge in [0.2, 0.25) is 5.95 Å². The van der Waals surface area contributed by atoms with Crippen molar-refractivity contribution in [3.05, 3.63) is 18.2 Å². The highest BCUT2D eigenvalue weighted by Gasteiger charge is 2.43. The molecular formula is C20H25F7N4O5. The zero-order chi connectivity index (χ0) is 27.1. The van der Waals surface area contributed by atoms with Crippen LogP contribution in [0.4, 0.5) is 36.7 Å². The Bertz CT molecular complexity index is 839. The SMILES string of the molecule is Fc1cnc(N2C[C@@H]3CCCO[C@@H]3[C@H](N3CCCC3)C2)nc1.O=C(O)C(F)(F)F.O=C(O)C(F)(F)F. The molecule has 3 saturated heterocycles. The zero-order valence-corrected chi connectivity index (χ0v) is 18.8. The predicted molar refractivity (Wildman–Crippen MR) is 109 cm³/mol. The van der Waals surface area contributed by atoms with Crippen LogP contribution in [0.2, 0.25) is 0 Å². The van der Waals surface area contributed by atoms with Crippen molar-refractivity contribution in [1.29, 1.82) is 0 Å². The number of hydrogen-bond acceptors (Lipinski definition) is 7. The Morgan fingerprint density at radius 3 is 1.89 bits per heavy atom. The highest BCUT2D eigenvalue weighted by atomic mass is 19.4. The van der Waals surface area contributed by atoms with Gasteiger partial charge in [-0.3, -0.25) is 4.90 Å². The van der Waals surface area contributed by atoms with E-state index in [0.29, 0.717) is 24.0 Å². The molecule has 0 unspecified atom stereocenters. The van der Waals surface area contributed by atoms with Gasteiger partial charge in [0.1, 0.15) is 0 Å². The van der Waals surface area contributed by atoms with Gasteiger partial charge in [-0.15, -0.1) is 0 Å². The number of halogens is 7. The number of carboxylic acids is 2.